The fraction of sp³-hybridized carbons (Fsp3) is 0.222. The molecular weight excluding hydrogens is 344 g/mol. The monoisotopic (exact) mass is 362 g/mol. The number of ether oxygens (including phenoxy) is 2. The molecule has 0 aromatic heterocycles. The van der Waals surface area contributed by atoms with E-state index in [4.69, 9.17) is 21.1 Å². The molecule has 7 heteroatoms. The van der Waals surface area contributed by atoms with Crippen molar-refractivity contribution in [1.82, 2.24) is 5.43 Å². The molecular formula is C18H19ClN2O4. The molecule has 0 unspecified atom stereocenters. The van der Waals surface area contributed by atoms with Crippen LogP contribution in [-0.4, -0.2) is 30.4 Å². The lowest BCUT2D eigenvalue weighted by Crippen LogP contribution is -2.17. The Balaban J connectivity index is 2.15. The molecule has 6 nitrogen and oxygen atoms in total. The van der Waals surface area contributed by atoms with Gasteiger partial charge in [0.2, 0.25) is 0 Å². The van der Waals surface area contributed by atoms with Crippen molar-refractivity contribution in [2.75, 3.05) is 13.2 Å². The largest absolute Gasteiger partial charge is 0.507 e. The Morgan fingerprint density at radius 3 is 2.64 bits per heavy atom. The van der Waals surface area contributed by atoms with Gasteiger partial charge in [0, 0.05) is 0 Å². The van der Waals surface area contributed by atoms with Crippen LogP contribution in [0, 0.1) is 0 Å². The SMILES string of the molecule is CCOc1cc(/C=N\NC(=O)c2ccccc2O)cc(Cl)c1OCC. The molecule has 0 saturated carbocycles. The van der Waals surface area contributed by atoms with Crippen LogP contribution in [0.2, 0.25) is 5.02 Å². The Bertz CT molecular complexity index is 778. The van der Waals surface area contributed by atoms with E-state index in [1.165, 1.54) is 18.3 Å². The highest BCUT2D eigenvalue weighted by Crippen LogP contribution is 2.36. The Morgan fingerprint density at radius 2 is 1.96 bits per heavy atom. The van der Waals surface area contributed by atoms with Crippen LogP contribution in [-0.2, 0) is 0 Å². The number of carbonyl (C=O) groups is 1. The molecule has 25 heavy (non-hydrogen) atoms. The summed E-state index contributed by atoms with van der Waals surface area (Å²) >= 11 is 6.22. The summed E-state index contributed by atoms with van der Waals surface area (Å²) < 4.78 is 11.0. The van der Waals surface area contributed by atoms with Gasteiger partial charge in [-0.05, 0) is 43.7 Å². The van der Waals surface area contributed by atoms with E-state index in [0.29, 0.717) is 35.3 Å². The predicted octanol–water partition coefficient (Wildman–Crippen LogP) is 3.61. The van der Waals surface area contributed by atoms with E-state index in [2.05, 4.69) is 10.5 Å². The Labute approximate surface area is 151 Å². The third kappa shape index (κ3) is 4.87. The maximum atomic E-state index is 12.0. The number of carbonyl (C=O) groups excluding carboxylic acids is 1. The topological polar surface area (TPSA) is 80.2 Å². The molecule has 0 bridgehead atoms. The zero-order chi connectivity index (χ0) is 18.2. The molecule has 0 radical (unpaired) electrons. The van der Waals surface area contributed by atoms with Gasteiger partial charge in [0.1, 0.15) is 5.75 Å². The van der Waals surface area contributed by atoms with Gasteiger partial charge in [-0.25, -0.2) is 5.43 Å². The lowest BCUT2D eigenvalue weighted by Gasteiger charge is -2.13. The second-order valence-corrected chi connectivity index (χ2v) is 5.32. The number of rotatable bonds is 7. The van der Waals surface area contributed by atoms with Crippen molar-refractivity contribution < 1.29 is 19.4 Å². The zero-order valence-electron chi connectivity index (χ0n) is 14.0. The lowest BCUT2D eigenvalue weighted by molar-refractivity contribution is 0.0952. The summed E-state index contributed by atoms with van der Waals surface area (Å²) in [6.45, 7) is 4.64. The Morgan fingerprint density at radius 1 is 1.24 bits per heavy atom. The van der Waals surface area contributed by atoms with E-state index < -0.39 is 5.91 Å². The van der Waals surface area contributed by atoms with Gasteiger partial charge in [-0.3, -0.25) is 4.79 Å². The number of phenolic OH excluding ortho intramolecular Hbond substituents is 1. The van der Waals surface area contributed by atoms with E-state index in [0.717, 1.165) is 0 Å². The number of phenols is 1. The molecule has 0 heterocycles. The van der Waals surface area contributed by atoms with Crippen LogP contribution in [0.5, 0.6) is 17.2 Å². The van der Waals surface area contributed by atoms with Crippen LogP contribution in [0.15, 0.2) is 41.5 Å². The van der Waals surface area contributed by atoms with Gasteiger partial charge in [-0.2, -0.15) is 5.10 Å². The Hall–Kier alpha value is -2.73. The fourth-order valence-corrected chi connectivity index (χ4v) is 2.37. The first-order valence-electron chi connectivity index (χ1n) is 7.77. The summed E-state index contributed by atoms with van der Waals surface area (Å²) in [6.07, 6.45) is 1.43. The average molecular weight is 363 g/mol. The smallest absolute Gasteiger partial charge is 0.275 e. The second kappa shape index (κ2) is 8.94. The van der Waals surface area contributed by atoms with Crippen LogP contribution >= 0.6 is 11.6 Å². The van der Waals surface area contributed by atoms with Crippen molar-refractivity contribution in [3.05, 3.63) is 52.5 Å². The van der Waals surface area contributed by atoms with Gasteiger partial charge >= 0.3 is 0 Å². The normalized spacial score (nSPS) is 10.7. The van der Waals surface area contributed by atoms with E-state index in [9.17, 15) is 9.90 Å². The van der Waals surface area contributed by atoms with E-state index in [1.807, 2.05) is 13.8 Å². The number of hydrogen-bond donors (Lipinski definition) is 2. The molecule has 0 aliphatic carbocycles. The first kappa shape index (κ1) is 18.6. The van der Waals surface area contributed by atoms with Crippen molar-refractivity contribution in [3.63, 3.8) is 0 Å². The number of hydrazone groups is 1. The van der Waals surface area contributed by atoms with Crippen molar-refractivity contribution in [3.8, 4) is 17.2 Å². The first-order chi connectivity index (χ1) is 12.1. The van der Waals surface area contributed by atoms with Crippen molar-refractivity contribution in [2.24, 2.45) is 5.10 Å². The predicted molar refractivity (Wildman–Crippen MR) is 97.0 cm³/mol. The number of nitrogens with zero attached hydrogens (tertiary/aromatic N) is 1. The molecule has 2 N–H and O–H groups in total. The number of nitrogens with one attached hydrogen (secondary N) is 1. The van der Waals surface area contributed by atoms with Crippen molar-refractivity contribution in [2.45, 2.75) is 13.8 Å². The molecule has 0 aliphatic rings. The molecule has 2 aromatic carbocycles. The van der Waals surface area contributed by atoms with Gasteiger partial charge in [-0.1, -0.05) is 23.7 Å². The van der Waals surface area contributed by atoms with E-state index in [-0.39, 0.29) is 11.3 Å². The third-order valence-corrected chi connectivity index (χ3v) is 3.43. The highest BCUT2D eigenvalue weighted by atomic mass is 35.5. The number of benzene rings is 2. The van der Waals surface area contributed by atoms with Crippen molar-refractivity contribution >= 4 is 23.7 Å². The molecule has 1 amide bonds. The first-order valence-corrected chi connectivity index (χ1v) is 8.15. The minimum atomic E-state index is -0.517. The Kier molecular flexibility index (Phi) is 6.65. The lowest BCUT2D eigenvalue weighted by atomic mass is 10.2. The van der Waals surface area contributed by atoms with Gasteiger partial charge in [0.15, 0.2) is 11.5 Å². The summed E-state index contributed by atoms with van der Waals surface area (Å²) in [5.41, 5.74) is 3.13. The van der Waals surface area contributed by atoms with Crippen LogP contribution in [0.3, 0.4) is 0 Å². The van der Waals surface area contributed by atoms with Crippen LogP contribution in [0.25, 0.3) is 0 Å². The van der Waals surface area contributed by atoms with Gasteiger partial charge < -0.3 is 14.6 Å². The summed E-state index contributed by atoms with van der Waals surface area (Å²) in [6, 6.07) is 9.59. The van der Waals surface area contributed by atoms with Crippen LogP contribution in [0.4, 0.5) is 0 Å². The molecule has 0 fully saturated rings. The van der Waals surface area contributed by atoms with E-state index >= 15 is 0 Å². The van der Waals surface area contributed by atoms with Crippen molar-refractivity contribution in [1.29, 1.82) is 0 Å². The molecule has 2 rings (SSSR count). The molecule has 0 aliphatic heterocycles. The molecule has 0 atom stereocenters. The minimum Gasteiger partial charge on any atom is -0.507 e. The molecule has 2 aromatic rings. The maximum Gasteiger partial charge on any atom is 0.275 e. The number of hydrogen-bond acceptors (Lipinski definition) is 5. The standard InChI is InChI=1S/C18H19ClN2O4/c1-3-24-16-10-12(9-14(19)17(16)25-4-2)11-20-21-18(23)13-7-5-6-8-15(13)22/h5-11,22H,3-4H2,1-2H3,(H,21,23)/b20-11-. The average Bonchev–Trinajstić information content (AvgIpc) is 2.58. The third-order valence-electron chi connectivity index (χ3n) is 3.15. The molecule has 0 spiro atoms. The number of para-hydroxylation sites is 1. The van der Waals surface area contributed by atoms with Crippen LogP contribution in [0.1, 0.15) is 29.8 Å². The van der Waals surface area contributed by atoms with Gasteiger partial charge in [0.25, 0.3) is 5.91 Å². The summed E-state index contributed by atoms with van der Waals surface area (Å²) in [5.74, 6) is 0.348. The summed E-state index contributed by atoms with van der Waals surface area (Å²) in [5, 5.41) is 13.9. The highest BCUT2D eigenvalue weighted by molar-refractivity contribution is 6.32. The summed E-state index contributed by atoms with van der Waals surface area (Å²) in [7, 11) is 0. The quantitative estimate of drug-likeness (QED) is 0.582. The minimum absolute atomic E-state index is 0.113. The van der Waals surface area contributed by atoms with E-state index in [1.54, 1.807) is 24.3 Å². The number of aromatic hydroxyl groups is 1. The maximum absolute atomic E-state index is 12.0. The zero-order valence-corrected chi connectivity index (χ0v) is 14.7. The molecule has 0 saturated heterocycles. The second-order valence-electron chi connectivity index (χ2n) is 4.91. The van der Waals surface area contributed by atoms with Crippen LogP contribution < -0.4 is 14.9 Å². The highest BCUT2D eigenvalue weighted by Gasteiger charge is 2.12. The summed E-state index contributed by atoms with van der Waals surface area (Å²) in [4.78, 5) is 12.0. The molecule has 132 valence electrons. The number of amides is 1. The van der Waals surface area contributed by atoms with Gasteiger partial charge in [0.05, 0.1) is 30.0 Å². The number of halogens is 1. The van der Waals surface area contributed by atoms with Gasteiger partial charge in [-0.15, -0.1) is 0 Å². The fourth-order valence-electron chi connectivity index (χ4n) is 2.10.